The highest BCUT2D eigenvalue weighted by molar-refractivity contribution is 5.97. The molecule has 1 heterocycles. The lowest BCUT2D eigenvalue weighted by atomic mass is 10.1. The van der Waals surface area contributed by atoms with Gasteiger partial charge in [0.25, 0.3) is 0 Å². The van der Waals surface area contributed by atoms with Crippen LogP contribution in [0, 0.1) is 11.7 Å². The Bertz CT molecular complexity index is 490. The normalized spacial score (nSPS) is 18.4. The number of carbonyl (C=O) groups is 2. The largest absolute Gasteiger partial charge is 0.383 e. The standard InChI is InChI=1S/C14H17FN2O3/c1-20-7-6-17-9-10(8-13(17)18)14(19)16-12-4-2-11(15)3-5-12/h2-5,10H,6-9H2,1H3,(H,16,19)/t10-/m0/s1. The molecule has 0 unspecified atom stereocenters. The van der Waals surface area contributed by atoms with E-state index in [1.54, 1.807) is 12.0 Å². The average molecular weight is 280 g/mol. The summed E-state index contributed by atoms with van der Waals surface area (Å²) in [5, 5.41) is 2.69. The zero-order chi connectivity index (χ0) is 14.5. The van der Waals surface area contributed by atoms with Crippen molar-refractivity contribution in [3.8, 4) is 0 Å². The highest BCUT2D eigenvalue weighted by Crippen LogP contribution is 2.19. The predicted molar refractivity (Wildman–Crippen MR) is 71.6 cm³/mol. The zero-order valence-electron chi connectivity index (χ0n) is 11.3. The number of benzene rings is 1. The lowest BCUT2D eigenvalue weighted by Crippen LogP contribution is -2.30. The summed E-state index contributed by atoms with van der Waals surface area (Å²) < 4.78 is 17.7. The maximum absolute atomic E-state index is 12.8. The quantitative estimate of drug-likeness (QED) is 0.883. The number of methoxy groups -OCH3 is 1. The number of hydrogen-bond donors (Lipinski definition) is 1. The Morgan fingerprint density at radius 3 is 2.80 bits per heavy atom. The van der Waals surface area contributed by atoms with E-state index in [1.165, 1.54) is 24.3 Å². The Labute approximate surface area is 116 Å². The lowest BCUT2D eigenvalue weighted by molar-refractivity contribution is -0.128. The molecule has 6 heteroatoms. The molecule has 20 heavy (non-hydrogen) atoms. The zero-order valence-corrected chi connectivity index (χ0v) is 11.3. The van der Waals surface area contributed by atoms with E-state index >= 15 is 0 Å². The summed E-state index contributed by atoms with van der Waals surface area (Å²) in [6.07, 6.45) is 0.205. The SMILES string of the molecule is COCCN1C[C@@H](C(=O)Nc2ccc(F)cc2)CC1=O. The molecular formula is C14H17FN2O3. The number of rotatable bonds is 5. The minimum Gasteiger partial charge on any atom is -0.383 e. The molecule has 1 N–H and O–H groups in total. The van der Waals surface area contributed by atoms with Gasteiger partial charge in [-0.2, -0.15) is 0 Å². The second kappa shape index (κ2) is 6.47. The van der Waals surface area contributed by atoms with Crippen LogP contribution in [0.4, 0.5) is 10.1 Å². The Kier molecular flexibility index (Phi) is 4.68. The first kappa shape index (κ1) is 14.5. The van der Waals surface area contributed by atoms with E-state index in [1.807, 2.05) is 0 Å². The van der Waals surface area contributed by atoms with Crippen molar-refractivity contribution in [1.82, 2.24) is 4.90 Å². The van der Waals surface area contributed by atoms with Crippen molar-refractivity contribution in [3.05, 3.63) is 30.1 Å². The fraction of sp³-hybridized carbons (Fsp3) is 0.429. The Hall–Kier alpha value is -1.95. The monoisotopic (exact) mass is 280 g/mol. The third-order valence-electron chi connectivity index (χ3n) is 3.26. The first-order valence-corrected chi connectivity index (χ1v) is 6.43. The Balaban J connectivity index is 1.90. The first-order chi connectivity index (χ1) is 9.60. The molecule has 2 amide bonds. The summed E-state index contributed by atoms with van der Waals surface area (Å²) in [6.45, 7) is 1.35. The molecule has 0 radical (unpaired) electrons. The summed E-state index contributed by atoms with van der Waals surface area (Å²) in [4.78, 5) is 25.4. The highest BCUT2D eigenvalue weighted by Gasteiger charge is 2.33. The summed E-state index contributed by atoms with van der Waals surface area (Å²) in [5.74, 6) is -0.986. The molecule has 1 fully saturated rings. The van der Waals surface area contributed by atoms with Gasteiger partial charge in [-0.25, -0.2) is 4.39 Å². The van der Waals surface area contributed by atoms with Crippen LogP contribution in [0.2, 0.25) is 0 Å². The number of nitrogens with zero attached hydrogens (tertiary/aromatic N) is 1. The van der Waals surface area contributed by atoms with Gasteiger partial charge in [0.2, 0.25) is 11.8 Å². The number of carbonyl (C=O) groups excluding carboxylic acids is 2. The van der Waals surface area contributed by atoms with E-state index in [0.29, 0.717) is 25.4 Å². The van der Waals surface area contributed by atoms with Gasteiger partial charge in [-0.1, -0.05) is 0 Å². The van der Waals surface area contributed by atoms with Crippen molar-refractivity contribution < 1.29 is 18.7 Å². The summed E-state index contributed by atoms with van der Waals surface area (Å²) in [5.41, 5.74) is 0.527. The van der Waals surface area contributed by atoms with Crippen LogP contribution in [0.1, 0.15) is 6.42 Å². The lowest BCUT2D eigenvalue weighted by Gasteiger charge is -2.15. The second-order valence-corrected chi connectivity index (χ2v) is 4.73. The molecule has 1 atom stereocenters. The van der Waals surface area contributed by atoms with E-state index < -0.39 is 0 Å². The topological polar surface area (TPSA) is 58.6 Å². The van der Waals surface area contributed by atoms with Crippen LogP contribution in [-0.4, -0.2) is 43.5 Å². The van der Waals surface area contributed by atoms with E-state index in [9.17, 15) is 14.0 Å². The van der Waals surface area contributed by atoms with Crippen LogP contribution >= 0.6 is 0 Å². The fourth-order valence-corrected chi connectivity index (χ4v) is 2.14. The maximum Gasteiger partial charge on any atom is 0.229 e. The minimum absolute atomic E-state index is 0.0405. The number of halogens is 1. The number of likely N-dealkylation sites (tertiary alicyclic amines) is 1. The maximum atomic E-state index is 12.8. The molecule has 1 aliphatic rings. The van der Waals surface area contributed by atoms with E-state index in [2.05, 4.69) is 5.32 Å². The molecular weight excluding hydrogens is 263 g/mol. The van der Waals surface area contributed by atoms with Gasteiger partial charge in [0, 0.05) is 32.3 Å². The number of anilines is 1. The van der Waals surface area contributed by atoms with Crippen LogP contribution in [0.25, 0.3) is 0 Å². The molecule has 5 nitrogen and oxygen atoms in total. The molecule has 0 aliphatic carbocycles. The van der Waals surface area contributed by atoms with Gasteiger partial charge >= 0.3 is 0 Å². The van der Waals surface area contributed by atoms with Gasteiger partial charge in [-0.3, -0.25) is 9.59 Å². The van der Waals surface area contributed by atoms with Gasteiger partial charge < -0.3 is 15.0 Å². The molecule has 2 rings (SSSR count). The van der Waals surface area contributed by atoms with Crippen molar-refractivity contribution in [1.29, 1.82) is 0 Å². The number of ether oxygens (including phenoxy) is 1. The fourth-order valence-electron chi connectivity index (χ4n) is 2.14. The molecule has 1 aromatic rings. The minimum atomic E-state index is -0.371. The summed E-state index contributed by atoms with van der Waals surface area (Å²) in [7, 11) is 1.57. The van der Waals surface area contributed by atoms with Crippen molar-refractivity contribution in [2.45, 2.75) is 6.42 Å². The Morgan fingerprint density at radius 2 is 2.15 bits per heavy atom. The molecule has 0 bridgehead atoms. The smallest absolute Gasteiger partial charge is 0.229 e. The van der Waals surface area contributed by atoms with E-state index in [0.717, 1.165) is 0 Å². The van der Waals surface area contributed by atoms with Gasteiger partial charge in [-0.05, 0) is 24.3 Å². The van der Waals surface area contributed by atoms with Crippen molar-refractivity contribution in [3.63, 3.8) is 0 Å². The van der Waals surface area contributed by atoms with Crippen LogP contribution in [0.3, 0.4) is 0 Å². The molecule has 1 saturated heterocycles. The molecule has 0 aromatic heterocycles. The summed E-state index contributed by atoms with van der Waals surface area (Å²) in [6, 6.07) is 5.54. The molecule has 108 valence electrons. The van der Waals surface area contributed by atoms with Gasteiger partial charge in [-0.15, -0.1) is 0 Å². The number of nitrogens with one attached hydrogen (secondary N) is 1. The van der Waals surface area contributed by atoms with Crippen LogP contribution in [0.5, 0.6) is 0 Å². The highest BCUT2D eigenvalue weighted by atomic mass is 19.1. The van der Waals surface area contributed by atoms with Crippen LogP contribution < -0.4 is 5.32 Å². The van der Waals surface area contributed by atoms with E-state index in [4.69, 9.17) is 4.74 Å². The van der Waals surface area contributed by atoms with Crippen LogP contribution in [0.15, 0.2) is 24.3 Å². The molecule has 0 saturated carbocycles. The first-order valence-electron chi connectivity index (χ1n) is 6.43. The van der Waals surface area contributed by atoms with E-state index in [-0.39, 0.29) is 30.0 Å². The molecule has 0 spiro atoms. The summed E-state index contributed by atoms with van der Waals surface area (Å²) >= 11 is 0. The number of hydrogen-bond acceptors (Lipinski definition) is 3. The number of amides is 2. The molecule has 1 aromatic carbocycles. The van der Waals surface area contributed by atoms with Gasteiger partial charge in [0.1, 0.15) is 5.82 Å². The van der Waals surface area contributed by atoms with Gasteiger partial charge in [0.05, 0.1) is 12.5 Å². The Morgan fingerprint density at radius 1 is 1.45 bits per heavy atom. The average Bonchev–Trinajstić information content (AvgIpc) is 2.80. The third kappa shape index (κ3) is 3.54. The third-order valence-corrected chi connectivity index (χ3v) is 3.26. The van der Waals surface area contributed by atoms with Gasteiger partial charge in [0.15, 0.2) is 0 Å². The molecule has 1 aliphatic heterocycles. The predicted octanol–water partition coefficient (Wildman–Crippen LogP) is 1.26. The second-order valence-electron chi connectivity index (χ2n) is 4.73. The van der Waals surface area contributed by atoms with Crippen molar-refractivity contribution in [2.24, 2.45) is 5.92 Å². The van der Waals surface area contributed by atoms with Crippen LogP contribution in [-0.2, 0) is 14.3 Å². The van der Waals surface area contributed by atoms with Crippen molar-refractivity contribution >= 4 is 17.5 Å². The van der Waals surface area contributed by atoms with Crippen molar-refractivity contribution in [2.75, 3.05) is 32.1 Å².